The molecule has 0 bridgehead atoms. The van der Waals surface area contributed by atoms with E-state index in [0.29, 0.717) is 22.8 Å². The lowest BCUT2D eigenvalue weighted by Crippen LogP contribution is -2.17. The first-order valence-corrected chi connectivity index (χ1v) is 6.26. The minimum Gasteiger partial charge on any atom is -0.493 e. The standard InChI is InChI=1S/C15H16N2O4/c1-10-4-6-12(21-10)9-16-17-15(18)11-5-7-13(19-2)14(8-11)20-3/h4-9H,1-3H3,(H,17,18)/b16-9-. The fraction of sp³-hybridized carbons (Fsp3) is 0.200. The monoisotopic (exact) mass is 288 g/mol. The van der Waals surface area contributed by atoms with E-state index in [4.69, 9.17) is 13.9 Å². The van der Waals surface area contributed by atoms with Crippen LogP contribution in [0.25, 0.3) is 0 Å². The van der Waals surface area contributed by atoms with Gasteiger partial charge >= 0.3 is 0 Å². The first-order valence-electron chi connectivity index (χ1n) is 6.26. The van der Waals surface area contributed by atoms with Gasteiger partial charge in [-0.25, -0.2) is 5.43 Å². The number of nitrogens with one attached hydrogen (secondary N) is 1. The number of hydrogen-bond donors (Lipinski definition) is 1. The van der Waals surface area contributed by atoms with Crippen molar-refractivity contribution in [2.24, 2.45) is 5.10 Å². The summed E-state index contributed by atoms with van der Waals surface area (Å²) >= 11 is 0. The highest BCUT2D eigenvalue weighted by Crippen LogP contribution is 2.27. The number of rotatable bonds is 5. The molecule has 0 unspecified atom stereocenters. The Bertz CT molecular complexity index is 661. The third-order valence-electron chi connectivity index (χ3n) is 2.76. The van der Waals surface area contributed by atoms with Crippen LogP contribution in [-0.2, 0) is 0 Å². The highest BCUT2D eigenvalue weighted by atomic mass is 16.5. The van der Waals surface area contributed by atoms with Gasteiger partial charge in [-0.1, -0.05) is 0 Å². The van der Waals surface area contributed by atoms with Crippen molar-refractivity contribution in [3.8, 4) is 11.5 Å². The van der Waals surface area contributed by atoms with Crippen molar-refractivity contribution in [3.05, 3.63) is 47.4 Å². The van der Waals surface area contributed by atoms with E-state index >= 15 is 0 Å². The second kappa shape index (κ2) is 6.60. The Kier molecular flexibility index (Phi) is 4.61. The summed E-state index contributed by atoms with van der Waals surface area (Å²) in [6, 6.07) is 8.45. The molecule has 1 amide bonds. The number of hydrogen-bond acceptors (Lipinski definition) is 5. The molecule has 2 aromatic rings. The van der Waals surface area contributed by atoms with Gasteiger partial charge < -0.3 is 13.9 Å². The van der Waals surface area contributed by atoms with Crippen LogP contribution in [-0.4, -0.2) is 26.3 Å². The molecule has 0 aliphatic carbocycles. The summed E-state index contributed by atoms with van der Waals surface area (Å²) in [4.78, 5) is 12.0. The van der Waals surface area contributed by atoms with Crippen molar-refractivity contribution in [1.29, 1.82) is 0 Å². The zero-order chi connectivity index (χ0) is 15.2. The first-order chi connectivity index (χ1) is 10.1. The molecule has 0 aliphatic rings. The van der Waals surface area contributed by atoms with Crippen LogP contribution < -0.4 is 14.9 Å². The van der Waals surface area contributed by atoms with E-state index in [1.54, 1.807) is 24.3 Å². The molecule has 1 aromatic carbocycles. The number of benzene rings is 1. The highest BCUT2D eigenvalue weighted by Gasteiger charge is 2.09. The van der Waals surface area contributed by atoms with Gasteiger partial charge in [-0.2, -0.15) is 5.10 Å². The van der Waals surface area contributed by atoms with E-state index in [0.717, 1.165) is 5.76 Å². The molecule has 2 rings (SSSR count). The van der Waals surface area contributed by atoms with Gasteiger partial charge in [0.25, 0.3) is 5.91 Å². The average Bonchev–Trinajstić information content (AvgIpc) is 2.91. The van der Waals surface area contributed by atoms with Crippen molar-refractivity contribution >= 4 is 12.1 Å². The molecular weight excluding hydrogens is 272 g/mol. The topological polar surface area (TPSA) is 73.1 Å². The second-order valence-electron chi connectivity index (χ2n) is 4.22. The number of methoxy groups -OCH3 is 2. The molecule has 0 atom stereocenters. The van der Waals surface area contributed by atoms with Crippen molar-refractivity contribution in [2.75, 3.05) is 14.2 Å². The summed E-state index contributed by atoms with van der Waals surface area (Å²) in [5.41, 5.74) is 2.84. The van der Waals surface area contributed by atoms with Gasteiger partial charge in [0.05, 0.1) is 20.4 Å². The molecule has 1 heterocycles. The Balaban J connectivity index is 2.05. The summed E-state index contributed by atoms with van der Waals surface area (Å²) in [6.07, 6.45) is 1.44. The van der Waals surface area contributed by atoms with Crippen LogP contribution in [0.3, 0.4) is 0 Å². The molecule has 21 heavy (non-hydrogen) atoms. The number of carbonyl (C=O) groups is 1. The summed E-state index contributed by atoms with van der Waals surface area (Å²) in [6.45, 7) is 1.83. The number of aryl methyl sites for hydroxylation is 1. The average molecular weight is 288 g/mol. The van der Waals surface area contributed by atoms with Crippen LogP contribution in [0, 0.1) is 6.92 Å². The van der Waals surface area contributed by atoms with E-state index < -0.39 is 0 Å². The molecule has 0 spiro atoms. The van der Waals surface area contributed by atoms with Crippen molar-refractivity contribution in [2.45, 2.75) is 6.92 Å². The van der Waals surface area contributed by atoms with Crippen LogP contribution in [0.5, 0.6) is 11.5 Å². The molecule has 0 aliphatic heterocycles. The molecule has 0 fully saturated rings. The minimum absolute atomic E-state index is 0.351. The zero-order valence-electron chi connectivity index (χ0n) is 12.0. The highest BCUT2D eigenvalue weighted by molar-refractivity contribution is 5.95. The van der Waals surface area contributed by atoms with Crippen LogP contribution in [0.1, 0.15) is 21.9 Å². The first kappa shape index (κ1) is 14.6. The fourth-order valence-electron chi connectivity index (χ4n) is 1.72. The maximum atomic E-state index is 12.0. The largest absolute Gasteiger partial charge is 0.493 e. The molecule has 0 saturated carbocycles. The number of nitrogens with zero attached hydrogens (tertiary/aromatic N) is 1. The SMILES string of the molecule is COc1ccc(C(=O)N/N=C\c2ccc(C)o2)cc1OC. The normalized spacial score (nSPS) is 10.6. The van der Waals surface area contributed by atoms with Gasteiger partial charge in [0.15, 0.2) is 11.5 Å². The quantitative estimate of drug-likeness (QED) is 0.677. The summed E-state index contributed by atoms with van der Waals surface area (Å²) in [7, 11) is 3.05. The van der Waals surface area contributed by atoms with Gasteiger partial charge in [-0.15, -0.1) is 0 Å². The predicted octanol–water partition coefficient (Wildman–Crippen LogP) is 2.37. The van der Waals surface area contributed by atoms with E-state index in [1.807, 2.05) is 13.0 Å². The number of carbonyl (C=O) groups excluding carboxylic acids is 1. The molecule has 1 aromatic heterocycles. The van der Waals surface area contributed by atoms with E-state index in [2.05, 4.69) is 10.5 Å². The fourth-order valence-corrected chi connectivity index (χ4v) is 1.72. The maximum absolute atomic E-state index is 12.0. The maximum Gasteiger partial charge on any atom is 0.271 e. The van der Waals surface area contributed by atoms with Gasteiger partial charge in [0.1, 0.15) is 11.5 Å². The Hall–Kier alpha value is -2.76. The lowest BCUT2D eigenvalue weighted by molar-refractivity contribution is 0.0954. The third-order valence-corrected chi connectivity index (χ3v) is 2.76. The third kappa shape index (κ3) is 3.62. The Morgan fingerprint density at radius 1 is 1.19 bits per heavy atom. The second-order valence-corrected chi connectivity index (χ2v) is 4.22. The van der Waals surface area contributed by atoms with Gasteiger partial charge in [0.2, 0.25) is 0 Å². The Morgan fingerprint density at radius 2 is 1.95 bits per heavy atom. The molecule has 6 heteroatoms. The van der Waals surface area contributed by atoms with Gasteiger partial charge in [0, 0.05) is 5.56 Å². The van der Waals surface area contributed by atoms with Crippen LogP contribution in [0.4, 0.5) is 0 Å². The minimum atomic E-state index is -0.351. The predicted molar refractivity (Wildman–Crippen MR) is 78.1 cm³/mol. The van der Waals surface area contributed by atoms with Crippen LogP contribution in [0.2, 0.25) is 0 Å². The number of hydrazone groups is 1. The van der Waals surface area contributed by atoms with Crippen LogP contribution >= 0.6 is 0 Å². The van der Waals surface area contributed by atoms with Crippen molar-refractivity contribution in [1.82, 2.24) is 5.43 Å². The van der Waals surface area contributed by atoms with E-state index in [-0.39, 0.29) is 5.91 Å². The smallest absolute Gasteiger partial charge is 0.271 e. The number of furan rings is 1. The molecule has 6 nitrogen and oxygen atoms in total. The lowest BCUT2D eigenvalue weighted by Gasteiger charge is -2.08. The number of amides is 1. The van der Waals surface area contributed by atoms with Gasteiger partial charge in [-0.3, -0.25) is 4.79 Å². The summed E-state index contributed by atoms with van der Waals surface area (Å²) in [5.74, 6) is 2.04. The lowest BCUT2D eigenvalue weighted by atomic mass is 10.2. The van der Waals surface area contributed by atoms with Crippen molar-refractivity contribution < 1.29 is 18.7 Å². The molecule has 0 saturated heterocycles. The molecular formula is C15H16N2O4. The molecule has 110 valence electrons. The summed E-state index contributed by atoms with van der Waals surface area (Å²) in [5, 5.41) is 3.84. The molecule has 0 radical (unpaired) electrons. The van der Waals surface area contributed by atoms with Gasteiger partial charge in [-0.05, 0) is 37.3 Å². The van der Waals surface area contributed by atoms with Crippen LogP contribution in [0.15, 0.2) is 39.9 Å². The number of ether oxygens (including phenoxy) is 2. The van der Waals surface area contributed by atoms with E-state index in [9.17, 15) is 4.79 Å². The molecule has 1 N–H and O–H groups in total. The van der Waals surface area contributed by atoms with E-state index in [1.165, 1.54) is 20.4 Å². The summed E-state index contributed by atoms with van der Waals surface area (Å²) < 4.78 is 15.6. The Morgan fingerprint density at radius 3 is 2.57 bits per heavy atom. The zero-order valence-corrected chi connectivity index (χ0v) is 12.0. The Labute approximate surface area is 122 Å². The van der Waals surface area contributed by atoms with Crippen molar-refractivity contribution in [3.63, 3.8) is 0 Å².